The van der Waals surface area contributed by atoms with E-state index in [0.29, 0.717) is 5.92 Å². The minimum Gasteiger partial charge on any atom is -0.456 e. The van der Waals surface area contributed by atoms with Gasteiger partial charge in [-0.05, 0) is 108 Å². The Morgan fingerprint density at radius 3 is 2.20 bits per heavy atom. The Balaban J connectivity index is 1.09. The van der Waals surface area contributed by atoms with Crippen LogP contribution in [-0.4, -0.2) is 9.55 Å². The molecule has 1 aliphatic rings. The number of furan rings is 1. The van der Waals surface area contributed by atoms with Crippen molar-refractivity contribution in [3.05, 3.63) is 156 Å². The molecule has 0 bridgehead atoms. The van der Waals surface area contributed by atoms with E-state index < -0.39 is 0 Å². The van der Waals surface area contributed by atoms with Gasteiger partial charge in [0.25, 0.3) is 0 Å². The summed E-state index contributed by atoms with van der Waals surface area (Å²) < 4.78 is 8.73. The number of aryl methyl sites for hydroxylation is 1. The molecule has 1 unspecified atom stereocenters. The van der Waals surface area contributed by atoms with Crippen LogP contribution in [0.15, 0.2) is 138 Å². The topological polar surface area (TPSA) is 33.9 Å². The van der Waals surface area contributed by atoms with Gasteiger partial charge in [-0.1, -0.05) is 72.3 Å². The van der Waals surface area contributed by atoms with E-state index in [2.05, 4.69) is 156 Å². The van der Waals surface area contributed by atoms with Gasteiger partial charge in [0.05, 0.1) is 11.0 Å². The lowest BCUT2D eigenvalue weighted by atomic mass is 9.86. The van der Waals surface area contributed by atoms with Crippen LogP contribution in [0.2, 0.25) is 0 Å². The van der Waals surface area contributed by atoms with Gasteiger partial charge in [-0.3, -0.25) is 0 Å². The van der Waals surface area contributed by atoms with E-state index in [4.69, 9.17) is 4.42 Å². The molecule has 3 aromatic heterocycles. The van der Waals surface area contributed by atoms with Crippen LogP contribution in [0.1, 0.15) is 28.3 Å². The fraction of sp³-hybridized carbons (Fsp3) is 0.0698. The zero-order valence-corrected chi connectivity index (χ0v) is 25.4. The number of H-pyrrole nitrogens is 1. The Labute approximate surface area is 266 Å². The number of nitrogens with zero attached hydrogens (tertiary/aromatic N) is 1. The van der Waals surface area contributed by atoms with Gasteiger partial charge in [0, 0.05) is 49.7 Å². The van der Waals surface area contributed by atoms with Crippen molar-refractivity contribution in [3.8, 4) is 16.8 Å². The van der Waals surface area contributed by atoms with E-state index in [1.165, 1.54) is 77.3 Å². The summed E-state index contributed by atoms with van der Waals surface area (Å²) in [6, 6.07) is 46.3. The van der Waals surface area contributed by atoms with Crippen molar-refractivity contribution in [2.24, 2.45) is 0 Å². The molecule has 3 heteroatoms. The third-order valence-electron chi connectivity index (χ3n) is 9.96. The van der Waals surface area contributed by atoms with Crippen molar-refractivity contribution in [3.63, 3.8) is 0 Å². The first-order valence-electron chi connectivity index (χ1n) is 16.0. The molecule has 0 saturated carbocycles. The van der Waals surface area contributed by atoms with Crippen molar-refractivity contribution in [1.82, 2.24) is 9.55 Å². The Kier molecular flexibility index (Phi) is 5.32. The van der Waals surface area contributed by atoms with Gasteiger partial charge >= 0.3 is 0 Å². The quantitative estimate of drug-likeness (QED) is 0.218. The van der Waals surface area contributed by atoms with Crippen LogP contribution in [0.5, 0.6) is 0 Å². The van der Waals surface area contributed by atoms with Crippen LogP contribution >= 0.6 is 0 Å². The predicted octanol–water partition coefficient (Wildman–Crippen LogP) is 11.5. The molecule has 0 saturated heterocycles. The molecule has 1 atom stereocenters. The molecule has 0 aliphatic heterocycles. The molecule has 0 fully saturated rings. The maximum atomic E-state index is 6.35. The molecule has 46 heavy (non-hydrogen) atoms. The standard InChI is InChI=1S/C43H30N2O/c1-26-11-17-40-34(21-26)35-23-28(13-18-41(35)45(40)31-7-3-2-4-8-31)30-15-20-43-37(25-30)36-24-29(14-19-42(36)46-43)27-12-16-39-33(22-27)32-9-5-6-10-38(32)44-39/h2-21,23-25,27,44H,22H2,1H3. The lowest BCUT2D eigenvalue weighted by Crippen LogP contribution is -2.04. The van der Waals surface area contributed by atoms with Crippen LogP contribution in [-0.2, 0) is 6.42 Å². The molecule has 1 aliphatic carbocycles. The lowest BCUT2D eigenvalue weighted by molar-refractivity contribution is 0.668. The molecular weight excluding hydrogens is 560 g/mol. The number of hydrogen-bond donors (Lipinski definition) is 1. The molecular formula is C43H30N2O. The summed E-state index contributed by atoms with van der Waals surface area (Å²) in [6.45, 7) is 2.17. The minimum atomic E-state index is 0.317. The first kappa shape index (κ1) is 25.5. The maximum Gasteiger partial charge on any atom is 0.135 e. The second-order valence-electron chi connectivity index (χ2n) is 12.7. The number of fused-ring (bicyclic) bond motifs is 9. The average molecular weight is 591 g/mol. The fourth-order valence-corrected chi connectivity index (χ4v) is 7.69. The summed E-state index contributed by atoms with van der Waals surface area (Å²) in [5.41, 5.74) is 14.3. The van der Waals surface area contributed by atoms with E-state index >= 15 is 0 Å². The molecule has 10 rings (SSSR count). The second kappa shape index (κ2) is 9.60. The number of hydrogen-bond acceptors (Lipinski definition) is 1. The third kappa shape index (κ3) is 3.78. The predicted molar refractivity (Wildman–Crippen MR) is 192 cm³/mol. The highest BCUT2D eigenvalue weighted by Gasteiger charge is 2.21. The zero-order valence-electron chi connectivity index (χ0n) is 25.4. The van der Waals surface area contributed by atoms with Crippen molar-refractivity contribution in [2.45, 2.75) is 19.3 Å². The Morgan fingerprint density at radius 1 is 0.630 bits per heavy atom. The summed E-state index contributed by atoms with van der Waals surface area (Å²) in [5.74, 6) is 0.317. The summed E-state index contributed by atoms with van der Waals surface area (Å²) in [7, 11) is 0. The summed E-state index contributed by atoms with van der Waals surface area (Å²) >= 11 is 0. The Bertz CT molecular complexity index is 2680. The van der Waals surface area contributed by atoms with Gasteiger partial charge in [0.1, 0.15) is 11.2 Å². The first-order valence-corrected chi connectivity index (χ1v) is 16.0. The van der Waals surface area contributed by atoms with Gasteiger partial charge in [0.15, 0.2) is 0 Å². The van der Waals surface area contributed by atoms with Gasteiger partial charge in [-0.15, -0.1) is 0 Å². The van der Waals surface area contributed by atoms with E-state index in [9.17, 15) is 0 Å². The second-order valence-corrected chi connectivity index (χ2v) is 12.7. The summed E-state index contributed by atoms with van der Waals surface area (Å²) in [6.07, 6.45) is 5.58. The van der Waals surface area contributed by atoms with Crippen molar-refractivity contribution in [1.29, 1.82) is 0 Å². The van der Waals surface area contributed by atoms with Crippen LogP contribution in [0.25, 0.3) is 77.5 Å². The summed E-state index contributed by atoms with van der Waals surface area (Å²) in [4.78, 5) is 3.59. The molecule has 0 amide bonds. The number of benzene rings is 6. The monoisotopic (exact) mass is 590 g/mol. The van der Waals surface area contributed by atoms with Crippen LogP contribution in [0.4, 0.5) is 0 Å². The number of aromatic amines is 1. The zero-order chi connectivity index (χ0) is 30.4. The highest BCUT2D eigenvalue weighted by molar-refractivity contribution is 6.11. The highest BCUT2D eigenvalue weighted by Crippen LogP contribution is 2.40. The van der Waals surface area contributed by atoms with Gasteiger partial charge in [-0.2, -0.15) is 0 Å². The minimum absolute atomic E-state index is 0.317. The van der Waals surface area contributed by atoms with Crippen molar-refractivity contribution >= 4 is 60.7 Å². The number of nitrogens with one attached hydrogen (secondary N) is 1. The molecule has 6 aromatic carbocycles. The smallest absolute Gasteiger partial charge is 0.135 e. The van der Waals surface area contributed by atoms with E-state index in [1.54, 1.807) is 0 Å². The van der Waals surface area contributed by atoms with E-state index in [-0.39, 0.29) is 0 Å². The largest absolute Gasteiger partial charge is 0.456 e. The first-order chi connectivity index (χ1) is 22.7. The van der Waals surface area contributed by atoms with Gasteiger partial charge in [0.2, 0.25) is 0 Å². The lowest BCUT2D eigenvalue weighted by Gasteiger charge is -2.18. The van der Waals surface area contributed by atoms with E-state index in [1.807, 2.05) is 0 Å². The highest BCUT2D eigenvalue weighted by atomic mass is 16.3. The Morgan fingerprint density at radius 2 is 1.33 bits per heavy atom. The van der Waals surface area contributed by atoms with Crippen LogP contribution in [0, 0.1) is 6.92 Å². The Hall–Kier alpha value is -5.80. The third-order valence-corrected chi connectivity index (χ3v) is 9.96. The molecule has 218 valence electrons. The molecule has 1 N–H and O–H groups in total. The average Bonchev–Trinajstić information content (AvgIpc) is 3.76. The fourth-order valence-electron chi connectivity index (χ4n) is 7.69. The van der Waals surface area contributed by atoms with Crippen LogP contribution < -0.4 is 0 Å². The van der Waals surface area contributed by atoms with Crippen molar-refractivity contribution in [2.75, 3.05) is 0 Å². The number of allylic oxidation sites excluding steroid dienone is 1. The van der Waals surface area contributed by atoms with Gasteiger partial charge in [-0.25, -0.2) is 0 Å². The van der Waals surface area contributed by atoms with Crippen LogP contribution in [0.3, 0.4) is 0 Å². The molecule has 0 spiro atoms. The number of para-hydroxylation sites is 2. The summed E-state index contributed by atoms with van der Waals surface area (Å²) in [5, 5.41) is 6.19. The van der Waals surface area contributed by atoms with Crippen molar-refractivity contribution < 1.29 is 4.42 Å². The normalized spacial score (nSPS) is 14.7. The molecule has 3 nitrogen and oxygen atoms in total. The molecule has 3 heterocycles. The molecule has 9 aromatic rings. The number of aromatic nitrogens is 2. The molecule has 0 radical (unpaired) electrons. The SMILES string of the molecule is Cc1ccc2c(c1)c1cc(-c3ccc4oc5ccc(C6C=Cc7[nH]c8ccccc8c7C6)cc5c4c3)ccc1n2-c1ccccc1. The number of rotatable bonds is 3. The maximum absolute atomic E-state index is 6.35. The van der Waals surface area contributed by atoms with E-state index in [0.717, 1.165) is 23.0 Å². The van der Waals surface area contributed by atoms with Gasteiger partial charge < -0.3 is 14.0 Å².